The average Bonchev–Trinajstić information content (AvgIpc) is 3.36. The third kappa shape index (κ3) is 6.43. The molecule has 0 N–H and O–H groups in total. The predicted molar refractivity (Wildman–Crippen MR) is 196 cm³/mol. The molecule has 4 heteroatoms. The van der Waals surface area contributed by atoms with Crippen LogP contribution in [0.5, 0.6) is 0 Å². The van der Waals surface area contributed by atoms with E-state index in [4.69, 9.17) is 0 Å². The third-order valence-electron chi connectivity index (χ3n) is 8.56. The van der Waals surface area contributed by atoms with Crippen LogP contribution >= 0.6 is 24.8 Å². The Morgan fingerprint density at radius 3 is 1.07 bits per heavy atom. The van der Waals surface area contributed by atoms with Gasteiger partial charge < -0.3 is 0 Å². The van der Waals surface area contributed by atoms with Gasteiger partial charge in [0.25, 0.3) is 0 Å². The number of fused-ring (bicyclic) bond motifs is 2. The molecule has 0 fully saturated rings. The summed E-state index contributed by atoms with van der Waals surface area (Å²) in [5.74, 6) is 0.969. The summed E-state index contributed by atoms with van der Waals surface area (Å²) < 4.78 is 3.49. The molecule has 4 aliphatic carbocycles. The number of benzene rings is 2. The Kier molecular flexibility index (Phi) is 11.5. The zero-order chi connectivity index (χ0) is 29.4. The SMILES string of the molecule is CC(C)c1cc2c(-c3ccccc3)ccccc-2[c]1[Zr]([c]1c2ccccc(-c3ccccc3)c-2cc1C(C)C)=[Si](C)C.Cl.Cl. The van der Waals surface area contributed by atoms with Crippen molar-refractivity contribution in [1.82, 2.24) is 0 Å². The minimum absolute atomic E-state index is 0. The molecule has 0 atom stereocenters. The summed E-state index contributed by atoms with van der Waals surface area (Å²) in [5, 5.41) is 0. The van der Waals surface area contributed by atoms with Crippen LogP contribution in [0.2, 0.25) is 13.1 Å². The van der Waals surface area contributed by atoms with Crippen LogP contribution in [0.3, 0.4) is 0 Å². The first kappa shape index (κ1) is 34.4. The Morgan fingerprint density at radius 2 is 0.750 bits per heavy atom. The van der Waals surface area contributed by atoms with Crippen molar-refractivity contribution in [2.24, 2.45) is 0 Å². The fraction of sp³-hybridized carbons (Fsp3) is 0.200. The standard InChI is InChI=1S/2C19H17.C2H6Si.2ClH.Zr/c2*1-14(2)17-12-16-10-6-7-11-18(19(16)13-17)15-8-4-3-5-9-15;1-3-2;;;/h2*3-11,13-14H,1-2H3;1-2H3;2*1H;. The summed E-state index contributed by atoms with van der Waals surface area (Å²) in [7, 11) is 0. The van der Waals surface area contributed by atoms with Gasteiger partial charge in [0.15, 0.2) is 0 Å². The van der Waals surface area contributed by atoms with Gasteiger partial charge >= 0.3 is 262 Å². The van der Waals surface area contributed by atoms with Crippen LogP contribution in [0.15, 0.2) is 121 Å². The van der Waals surface area contributed by atoms with Crippen LogP contribution in [0, 0.1) is 0 Å². The molecule has 0 saturated heterocycles. The molecule has 0 saturated carbocycles. The second-order valence-electron chi connectivity index (χ2n) is 12.3. The van der Waals surface area contributed by atoms with E-state index in [9.17, 15) is 0 Å². The van der Waals surface area contributed by atoms with Crippen molar-refractivity contribution < 1.29 is 20.4 Å². The Bertz CT molecular complexity index is 1710. The maximum Gasteiger partial charge on any atom is -0.147 e. The van der Waals surface area contributed by atoms with Gasteiger partial charge in [0.05, 0.1) is 0 Å². The van der Waals surface area contributed by atoms with E-state index in [2.05, 4.69) is 162 Å². The van der Waals surface area contributed by atoms with Gasteiger partial charge in [0.2, 0.25) is 0 Å². The molecule has 0 radical (unpaired) electrons. The zero-order valence-corrected chi connectivity index (χ0v) is 31.6. The molecule has 2 aromatic rings. The molecule has 0 amide bonds. The second-order valence-corrected chi connectivity index (χ2v) is 28.9. The van der Waals surface area contributed by atoms with Gasteiger partial charge in [0.1, 0.15) is 0 Å². The van der Waals surface area contributed by atoms with Gasteiger partial charge in [-0.2, -0.15) is 0 Å². The first-order chi connectivity index (χ1) is 20.4. The molecule has 0 aliphatic heterocycles. The molecule has 224 valence electrons. The van der Waals surface area contributed by atoms with E-state index in [-0.39, 0.29) is 24.8 Å². The minimum atomic E-state index is -2.44. The summed E-state index contributed by atoms with van der Waals surface area (Å²) in [6.45, 7) is 14.8. The first-order valence-corrected chi connectivity index (χ1v) is 23.9. The number of halogens is 2. The van der Waals surface area contributed by atoms with Crippen molar-refractivity contribution in [3.05, 3.63) is 132 Å². The molecule has 6 rings (SSSR count). The van der Waals surface area contributed by atoms with Crippen molar-refractivity contribution in [3.8, 4) is 44.5 Å². The fourth-order valence-electron chi connectivity index (χ4n) is 6.60. The van der Waals surface area contributed by atoms with Crippen LogP contribution in [-0.4, -0.2) is 5.43 Å². The van der Waals surface area contributed by atoms with Gasteiger partial charge in [-0.3, -0.25) is 0 Å². The molecule has 0 bridgehead atoms. The second kappa shape index (κ2) is 14.7. The zero-order valence-electron chi connectivity index (χ0n) is 26.5. The summed E-state index contributed by atoms with van der Waals surface area (Å²) >= 11 is -2.44. The van der Waals surface area contributed by atoms with Crippen molar-refractivity contribution in [1.29, 1.82) is 0 Å². The number of hydrogen-bond donors (Lipinski definition) is 0. The molecule has 44 heavy (non-hydrogen) atoms. The van der Waals surface area contributed by atoms with E-state index in [0.717, 1.165) is 0 Å². The van der Waals surface area contributed by atoms with Crippen LogP contribution in [0.4, 0.5) is 0 Å². The molecule has 0 heterocycles. The van der Waals surface area contributed by atoms with Gasteiger partial charge in [0, 0.05) is 0 Å². The van der Waals surface area contributed by atoms with E-state index >= 15 is 0 Å². The van der Waals surface area contributed by atoms with Crippen LogP contribution in [0.25, 0.3) is 44.5 Å². The average molecular weight is 713 g/mol. The molecule has 0 nitrogen and oxygen atoms in total. The summed E-state index contributed by atoms with van der Waals surface area (Å²) in [5.41, 5.74) is 13.7. The Morgan fingerprint density at radius 1 is 0.432 bits per heavy atom. The number of rotatable bonds is 6. The van der Waals surface area contributed by atoms with E-state index in [1.54, 1.807) is 17.7 Å². The Balaban J connectivity index is 0.00000221. The van der Waals surface area contributed by atoms with Crippen molar-refractivity contribution in [2.75, 3.05) is 0 Å². The van der Waals surface area contributed by atoms with Gasteiger partial charge in [-0.1, -0.05) is 0 Å². The summed E-state index contributed by atoms with van der Waals surface area (Å²) in [6.07, 6.45) is 0. The largest absolute Gasteiger partial charge is 0.147 e. The Hall–Kier alpha value is -2.48. The molecule has 2 aromatic carbocycles. The smallest absolute Gasteiger partial charge is 0.147 e. The normalized spacial score (nSPS) is 11.0. The van der Waals surface area contributed by atoms with Crippen LogP contribution in [0.1, 0.15) is 50.7 Å². The fourth-order valence-corrected chi connectivity index (χ4v) is 24.5. The summed E-state index contributed by atoms with van der Waals surface area (Å²) in [4.78, 5) is 0. The van der Waals surface area contributed by atoms with Crippen LogP contribution in [-0.2, 0) is 20.4 Å². The van der Waals surface area contributed by atoms with Crippen molar-refractivity contribution in [3.63, 3.8) is 0 Å². The van der Waals surface area contributed by atoms with Crippen LogP contribution < -0.4 is 6.54 Å². The molecule has 4 aliphatic rings. The van der Waals surface area contributed by atoms with E-state index in [1.165, 1.54) is 44.5 Å². The maximum atomic E-state index is 2.60. The first-order valence-electron chi connectivity index (χ1n) is 15.3. The molecule has 0 unspecified atom stereocenters. The van der Waals surface area contributed by atoms with Gasteiger partial charge in [-0.15, -0.1) is 24.8 Å². The quantitative estimate of drug-likeness (QED) is 0.151. The Labute approximate surface area is 284 Å². The topological polar surface area (TPSA) is 0 Å². The molecule has 0 spiro atoms. The van der Waals surface area contributed by atoms with E-state index < -0.39 is 25.8 Å². The summed E-state index contributed by atoms with van der Waals surface area (Å²) in [6, 6.07) is 45.6. The van der Waals surface area contributed by atoms with E-state index in [0.29, 0.717) is 11.8 Å². The van der Waals surface area contributed by atoms with Gasteiger partial charge in [-0.25, -0.2) is 0 Å². The van der Waals surface area contributed by atoms with Crippen molar-refractivity contribution in [2.45, 2.75) is 52.6 Å². The van der Waals surface area contributed by atoms with E-state index in [1.807, 2.05) is 0 Å². The minimum Gasteiger partial charge on any atom is -0.147 e. The van der Waals surface area contributed by atoms with Crippen molar-refractivity contribution >= 4 is 36.8 Å². The predicted octanol–water partition coefficient (Wildman–Crippen LogP) is 11.1. The van der Waals surface area contributed by atoms with Gasteiger partial charge in [-0.05, 0) is 0 Å². The molecule has 0 aromatic heterocycles. The maximum absolute atomic E-state index is 2.60. The third-order valence-corrected chi connectivity index (χ3v) is 25.1. The molecular weight excluding hydrogens is 671 g/mol. The number of hydrogen-bond acceptors (Lipinski definition) is 0. The monoisotopic (exact) mass is 710 g/mol. The molecular formula is C40H42Cl2SiZr.